The molecule has 0 saturated carbocycles. The zero-order chi connectivity index (χ0) is 25.8. The minimum atomic E-state index is -0.982. The average Bonchev–Trinajstić information content (AvgIpc) is 3.13. The van der Waals surface area contributed by atoms with E-state index in [9.17, 15) is 23.5 Å². The first-order valence-corrected chi connectivity index (χ1v) is 11.7. The summed E-state index contributed by atoms with van der Waals surface area (Å²) >= 11 is 1.23. The molecule has 3 aromatic rings. The minimum Gasteiger partial charge on any atom is -0.480 e. The molecule has 10 heteroatoms. The van der Waals surface area contributed by atoms with Gasteiger partial charge in [0.2, 0.25) is 0 Å². The van der Waals surface area contributed by atoms with E-state index >= 15 is 0 Å². The first-order valence-electron chi connectivity index (χ1n) is 10.8. The van der Waals surface area contributed by atoms with Gasteiger partial charge in [-0.3, -0.25) is 9.59 Å². The molecule has 3 rings (SSSR count). The maximum absolute atomic E-state index is 13.9. The number of thioether (sulfide) groups is 1. The van der Waals surface area contributed by atoms with E-state index in [0.29, 0.717) is 24.7 Å². The summed E-state index contributed by atoms with van der Waals surface area (Å²) in [6.45, 7) is 5.77. The van der Waals surface area contributed by atoms with E-state index in [1.807, 2.05) is 28.8 Å². The van der Waals surface area contributed by atoms with Gasteiger partial charge in [0.25, 0.3) is 5.91 Å². The molecule has 0 aliphatic heterocycles. The van der Waals surface area contributed by atoms with Crippen LogP contribution in [0.4, 0.5) is 8.78 Å². The van der Waals surface area contributed by atoms with Crippen LogP contribution in [0.15, 0.2) is 47.4 Å². The molecule has 0 spiro atoms. The van der Waals surface area contributed by atoms with E-state index in [1.54, 1.807) is 27.9 Å². The molecule has 1 aromatic heterocycles. The van der Waals surface area contributed by atoms with Crippen molar-refractivity contribution in [3.05, 3.63) is 71.1 Å². The standard InChI is InChI=1S/C25H27F2N3O4S/c1-15-21(23(31)28-14-17-5-8-18(26)13-20(17)27)29-22(30(15)11-12-34-4)16-6-9-19(10-7-16)35-25(2,3)24(32)33/h5-10,13H,11-12,14H2,1-4H3,(H,28,31)(H,32,33). The lowest BCUT2D eigenvalue weighted by Gasteiger charge is -2.18. The molecular weight excluding hydrogens is 476 g/mol. The normalized spacial score (nSPS) is 11.5. The number of carbonyl (C=O) groups is 2. The Morgan fingerprint density at radius 1 is 1.17 bits per heavy atom. The molecule has 0 aliphatic carbocycles. The molecule has 2 aromatic carbocycles. The van der Waals surface area contributed by atoms with E-state index in [1.165, 1.54) is 17.8 Å². The van der Waals surface area contributed by atoms with Crippen LogP contribution in [0, 0.1) is 18.6 Å². The van der Waals surface area contributed by atoms with E-state index in [4.69, 9.17) is 4.74 Å². The molecule has 0 fully saturated rings. The number of hydrogen-bond acceptors (Lipinski definition) is 5. The molecule has 0 radical (unpaired) electrons. The molecule has 0 atom stereocenters. The zero-order valence-electron chi connectivity index (χ0n) is 19.9. The fraction of sp³-hybridized carbons (Fsp3) is 0.320. The third-order valence-corrected chi connectivity index (χ3v) is 6.60. The lowest BCUT2D eigenvalue weighted by molar-refractivity contribution is -0.138. The Morgan fingerprint density at radius 2 is 1.86 bits per heavy atom. The van der Waals surface area contributed by atoms with Gasteiger partial charge in [0, 0.05) is 48.0 Å². The Kier molecular flexibility index (Phi) is 8.29. The molecular formula is C25H27F2N3O4S. The van der Waals surface area contributed by atoms with Crippen LogP contribution in [0.5, 0.6) is 0 Å². The predicted octanol–water partition coefficient (Wildman–Crippen LogP) is 4.67. The van der Waals surface area contributed by atoms with Gasteiger partial charge in [-0.2, -0.15) is 0 Å². The minimum absolute atomic E-state index is 0.115. The maximum Gasteiger partial charge on any atom is 0.319 e. The SMILES string of the molecule is COCCn1c(-c2ccc(SC(C)(C)C(=O)O)cc2)nc(C(=O)NCc2ccc(F)cc2F)c1C. The van der Waals surface area contributed by atoms with Gasteiger partial charge in [-0.25, -0.2) is 13.8 Å². The third kappa shape index (κ3) is 6.26. The van der Waals surface area contributed by atoms with Crippen LogP contribution in [0.1, 0.15) is 35.6 Å². The van der Waals surface area contributed by atoms with Gasteiger partial charge in [0.05, 0.1) is 6.61 Å². The number of carbonyl (C=O) groups excluding carboxylic acids is 1. The Bertz CT molecular complexity index is 1230. The smallest absolute Gasteiger partial charge is 0.319 e. The lowest BCUT2D eigenvalue weighted by Crippen LogP contribution is -2.26. The summed E-state index contributed by atoms with van der Waals surface area (Å²) in [5.74, 6) is -2.28. The van der Waals surface area contributed by atoms with Crippen molar-refractivity contribution in [1.82, 2.24) is 14.9 Å². The van der Waals surface area contributed by atoms with E-state index in [0.717, 1.165) is 22.6 Å². The number of carboxylic acid groups (broad SMARTS) is 1. The highest BCUT2D eigenvalue weighted by molar-refractivity contribution is 8.01. The highest BCUT2D eigenvalue weighted by Gasteiger charge is 2.28. The van der Waals surface area contributed by atoms with Gasteiger partial charge in [0.1, 0.15) is 27.9 Å². The number of rotatable bonds is 10. The van der Waals surface area contributed by atoms with Gasteiger partial charge in [-0.05, 0) is 39.0 Å². The molecule has 0 aliphatic rings. The van der Waals surface area contributed by atoms with Crippen LogP contribution in [-0.2, 0) is 22.6 Å². The highest BCUT2D eigenvalue weighted by atomic mass is 32.2. The number of halogens is 2. The van der Waals surface area contributed by atoms with Gasteiger partial charge < -0.3 is 19.7 Å². The summed E-state index contributed by atoms with van der Waals surface area (Å²) < 4.78 is 33.2. The van der Waals surface area contributed by atoms with Gasteiger partial charge in [-0.15, -0.1) is 11.8 Å². The molecule has 186 valence electrons. The second-order valence-electron chi connectivity index (χ2n) is 8.37. The van der Waals surface area contributed by atoms with Crippen molar-refractivity contribution in [2.45, 2.75) is 43.5 Å². The Hall–Kier alpha value is -3.24. The van der Waals surface area contributed by atoms with Crippen molar-refractivity contribution in [2.24, 2.45) is 0 Å². The Labute approximate surface area is 206 Å². The Balaban J connectivity index is 1.86. The fourth-order valence-electron chi connectivity index (χ4n) is 3.36. The molecule has 0 saturated heterocycles. The number of amides is 1. The topological polar surface area (TPSA) is 93.4 Å². The average molecular weight is 504 g/mol. The second kappa shape index (κ2) is 11.0. The molecule has 7 nitrogen and oxygen atoms in total. The monoisotopic (exact) mass is 503 g/mol. The number of nitrogens with zero attached hydrogens (tertiary/aromatic N) is 2. The molecule has 35 heavy (non-hydrogen) atoms. The summed E-state index contributed by atoms with van der Waals surface area (Å²) in [4.78, 5) is 29.6. The van der Waals surface area contributed by atoms with Crippen molar-refractivity contribution in [1.29, 1.82) is 0 Å². The first-order chi connectivity index (χ1) is 16.5. The van der Waals surface area contributed by atoms with E-state index < -0.39 is 28.3 Å². The maximum atomic E-state index is 13.9. The molecule has 0 unspecified atom stereocenters. The number of imidazole rings is 1. The summed E-state index contributed by atoms with van der Waals surface area (Å²) in [6, 6.07) is 10.4. The molecule has 2 N–H and O–H groups in total. The van der Waals surface area contributed by atoms with Crippen molar-refractivity contribution < 1.29 is 28.2 Å². The molecule has 0 bridgehead atoms. The summed E-state index contributed by atoms with van der Waals surface area (Å²) in [5, 5.41) is 12.0. The van der Waals surface area contributed by atoms with Crippen LogP contribution >= 0.6 is 11.8 Å². The van der Waals surface area contributed by atoms with Gasteiger partial charge >= 0.3 is 5.97 Å². The number of benzene rings is 2. The number of aliphatic carboxylic acids is 1. The van der Waals surface area contributed by atoms with Crippen molar-refractivity contribution >= 4 is 23.6 Å². The fourth-order valence-corrected chi connectivity index (χ4v) is 4.31. The van der Waals surface area contributed by atoms with Gasteiger partial charge in [0.15, 0.2) is 0 Å². The van der Waals surface area contributed by atoms with Crippen LogP contribution < -0.4 is 5.32 Å². The summed E-state index contributed by atoms with van der Waals surface area (Å²) in [6.07, 6.45) is 0. The summed E-state index contributed by atoms with van der Waals surface area (Å²) in [5.41, 5.74) is 1.70. The van der Waals surface area contributed by atoms with Crippen molar-refractivity contribution in [3.63, 3.8) is 0 Å². The second-order valence-corrected chi connectivity index (χ2v) is 10.1. The zero-order valence-corrected chi connectivity index (χ0v) is 20.7. The number of nitrogens with one attached hydrogen (secondary N) is 1. The van der Waals surface area contributed by atoms with Crippen molar-refractivity contribution in [2.75, 3.05) is 13.7 Å². The lowest BCUT2D eigenvalue weighted by atomic mass is 10.2. The quantitative estimate of drug-likeness (QED) is 0.391. The predicted molar refractivity (Wildman–Crippen MR) is 129 cm³/mol. The largest absolute Gasteiger partial charge is 0.480 e. The summed E-state index contributed by atoms with van der Waals surface area (Å²) in [7, 11) is 1.58. The number of hydrogen-bond donors (Lipinski definition) is 2. The van der Waals surface area contributed by atoms with Crippen LogP contribution in [0.25, 0.3) is 11.4 Å². The Morgan fingerprint density at radius 3 is 2.46 bits per heavy atom. The number of aromatic nitrogens is 2. The number of ether oxygens (including phenoxy) is 1. The third-order valence-electron chi connectivity index (χ3n) is 5.41. The first kappa shape index (κ1) is 26.4. The number of methoxy groups -OCH3 is 1. The van der Waals surface area contributed by atoms with E-state index in [-0.39, 0.29) is 17.8 Å². The van der Waals surface area contributed by atoms with Crippen LogP contribution in [0.3, 0.4) is 0 Å². The van der Waals surface area contributed by atoms with Gasteiger partial charge in [-0.1, -0.05) is 18.2 Å². The van der Waals surface area contributed by atoms with Crippen LogP contribution in [-0.4, -0.2) is 45.0 Å². The highest BCUT2D eigenvalue weighted by Crippen LogP contribution is 2.34. The van der Waals surface area contributed by atoms with E-state index in [2.05, 4.69) is 10.3 Å². The van der Waals surface area contributed by atoms with Crippen LogP contribution in [0.2, 0.25) is 0 Å². The molecule has 1 heterocycles. The molecule has 1 amide bonds. The van der Waals surface area contributed by atoms with Crippen molar-refractivity contribution in [3.8, 4) is 11.4 Å². The number of carboxylic acids is 1.